The lowest BCUT2D eigenvalue weighted by molar-refractivity contribution is 0.253. The maximum Gasteiger partial charge on any atom is 0.00279 e. The fraction of sp³-hybridized carbons (Fsp3) is 1.00. The fourth-order valence-electron chi connectivity index (χ4n) is 0.994. The van der Waals surface area contributed by atoms with E-state index in [1.807, 2.05) is 0 Å². The Bertz CT molecular complexity index is 77.6. The van der Waals surface area contributed by atoms with Gasteiger partial charge in [-0.1, -0.05) is 20.3 Å². The summed E-state index contributed by atoms with van der Waals surface area (Å²) >= 11 is 0. The molecule has 1 aliphatic heterocycles. The predicted octanol–water partition coefficient (Wildman–Crippen LogP) is 1.18. The molecule has 2 nitrogen and oxygen atoms in total. The zero-order valence-electron chi connectivity index (χ0n) is 8.35. The van der Waals surface area contributed by atoms with Crippen LogP contribution >= 0.6 is 0 Å². The second-order valence-electron chi connectivity index (χ2n) is 3.49. The Morgan fingerprint density at radius 2 is 1.73 bits per heavy atom. The normalized spacial score (nSPS) is 17.2. The Labute approximate surface area is 71.0 Å². The van der Waals surface area contributed by atoms with E-state index in [2.05, 4.69) is 38.2 Å². The third kappa shape index (κ3) is 6.32. The summed E-state index contributed by atoms with van der Waals surface area (Å²) in [7, 11) is 4.25. The van der Waals surface area contributed by atoms with E-state index in [-0.39, 0.29) is 0 Å². The minimum absolute atomic E-state index is 0.921. The third-order valence-electron chi connectivity index (χ3n) is 1.49. The van der Waals surface area contributed by atoms with Crippen molar-refractivity contribution < 1.29 is 0 Å². The SMILES string of the molecule is CCC.CN(C)CC1CNC1. The van der Waals surface area contributed by atoms with E-state index in [1.165, 1.54) is 26.1 Å². The van der Waals surface area contributed by atoms with Gasteiger partial charge in [0.2, 0.25) is 0 Å². The zero-order chi connectivity index (χ0) is 8.69. The Morgan fingerprint density at radius 1 is 1.27 bits per heavy atom. The van der Waals surface area contributed by atoms with Gasteiger partial charge in [-0.25, -0.2) is 0 Å². The first-order valence-electron chi connectivity index (χ1n) is 4.56. The average Bonchev–Trinajstić information content (AvgIpc) is 1.81. The van der Waals surface area contributed by atoms with Crippen LogP contribution in [0.5, 0.6) is 0 Å². The van der Waals surface area contributed by atoms with Crippen molar-refractivity contribution in [2.45, 2.75) is 20.3 Å². The van der Waals surface area contributed by atoms with Gasteiger partial charge >= 0.3 is 0 Å². The molecule has 0 aromatic rings. The van der Waals surface area contributed by atoms with E-state index in [0.717, 1.165) is 5.92 Å². The predicted molar refractivity (Wildman–Crippen MR) is 50.9 cm³/mol. The molecule has 0 aromatic heterocycles. The van der Waals surface area contributed by atoms with Gasteiger partial charge in [0.15, 0.2) is 0 Å². The summed E-state index contributed by atoms with van der Waals surface area (Å²) in [5.74, 6) is 0.921. The van der Waals surface area contributed by atoms with Gasteiger partial charge < -0.3 is 10.2 Å². The van der Waals surface area contributed by atoms with Crippen LogP contribution in [0.3, 0.4) is 0 Å². The first kappa shape index (κ1) is 10.9. The summed E-state index contributed by atoms with van der Waals surface area (Å²) in [4.78, 5) is 2.24. The molecule has 1 fully saturated rings. The van der Waals surface area contributed by atoms with E-state index in [1.54, 1.807) is 0 Å². The Balaban J connectivity index is 0.000000292. The number of hydrogen-bond donors (Lipinski definition) is 1. The molecule has 1 heterocycles. The van der Waals surface area contributed by atoms with Crippen molar-refractivity contribution in [2.75, 3.05) is 33.7 Å². The minimum Gasteiger partial charge on any atom is -0.316 e. The van der Waals surface area contributed by atoms with Gasteiger partial charge in [0.1, 0.15) is 0 Å². The van der Waals surface area contributed by atoms with E-state index in [0.29, 0.717) is 0 Å². The maximum absolute atomic E-state index is 3.24. The van der Waals surface area contributed by atoms with Gasteiger partial charge in [0, 0.05) is 19.6 Å². The Morgan fingerprint density at radius 3 is 1.82 bits per heavy atom. The highest BCUT2D eigenvalue weighted by Crippen LogP contribution is 2.02. The summed E-state index contributed by atoms with van der Waals surface area (Å²) < 4.78 is 0. The van der Waals surface area contributed by atoms with E-state index in [9.17, 15) is 0 Å². The number of rotatable bonds is 2. The summed E-state index contributed by atoms with van der Waals surface area (Å²) in [5, 5.41) is 3.24. The molecule has 0 saturated carbocycles. The number of nitrogens with zero attached hydrogens (tertiary/aromatic N) is 1. The molecule has 0 radical (unpaired) electrons. The van der Waals surface area contributed by atoms with Crippen molar-refractivity contribution in [2.24, 2.45) is 5.92 Å². The van der Waals surface area contributed by atoms with Gasteiger partial charge in [0.25, 0.3) is 0 Å². The molecule has 1 rings (SSSR count). The standard InChI is InChI=1S/C6H14N2.C3H8/c1-8(2)5-6-3-7-4-6;1-3-2/h6-7H,3-5H2,1-2H3;3H2,1-2H3. The smallest absolute Gasteiger partial charge is 0.00279 e. The minimum atomic E-state index is 0.921. The first-order chi connectivity index (χ1) is 5.20. The molecular formula is C9H22N2. The van der Waals surface area contributed by atoms with Crippen molar-refractivity contribution in [1.29, 1.82) is 0 Å². The van der Waals surface area contributed by atoms with Crippen LogP contribution in [0.4, 0.5) is 0 Å². The summed E-state index contributed by atoms with van der Waals surface area (Å²) in [6.45, 7) is 7.93. The van der Waals surface area contributed by atoms with Crippen molar-refractivity contribution in [1.82, 2.24) is 10.2 Å². The summed E-state index contributed by atoms with van der Waals surface area (Å²) in [5.41, 5.74) is 0. The van der Waals surface area contributed by atoms with Crippen LogP contribution in [0.2, 0.25) is 0 Å². The molecule has 0 spiro atoms. The lowest BCUT2D eigenvalue weighted by Gasteiger charge is -2.29. The highest BCUT2D eigenvalue weighted by molar-refractivity contribution is 4.75. The topological polar surface area (TPSA) is 15.3 Å². The Kier molecular flexibility index (Phi) is 6.57. The molecule has 0 atom stereocenters. The molecule has 1 aliphatic rings. The quantitative estimate of drug-likeness (QED) is 0.649. The van der Waals surface area contributed by atoms with Crippen LogP contribution in [-0.2, 0) is 0 Å². The number of hydrogen-bond acceptors (Lipinski definition) is 2. The van der Waals surface area contributed by atoms with Crippen molar-refractivity contribution >= 4 is 0 Å². The highest BCUT2D eigenvalue weighted by Gasteiger charge is 2.16. The lowest BCUT2D eigenvalue weighted by Crippen LogP contribution is -2.46. The van der Waals surface area contributed by atoms with Gasteiger partial charge in [-0.15, -0.1) is 0 Å². The van der Waals surface area contributed by atoms with Crippen LogP contribution in [0, 0.1) is 5.92 Å². The largest absolute Gasteiger partial charge is 0.316 e. The third-order valence-corrected chi connectivity index (χ3v) is 1.49. The molecule has 0 bridgehead atoms. The fourth-order valence-corrected chi connectivity index (χ4v) is 0.994. The van der Waals surface area contributed by atoms with Gasteiger partial charge in [0.05, 0.1) is 0 Å². The highest BCUT2D eigenvalue weighted by atomic mass is 15.1. The van der Waals surface area contributed by atoms with Crippen LogP contribution in [0.1, 0.15) is 20.3 Å². The van der Waals surface area contributed by atoms with Gasteiger partial charge in [-0.2, -0.15) is 0 Å². The molecule has 0 unspecified atom stereocenters. The van der Waals surface area contributed by atoms with E-state index < -0.39 is 0 Å². The monoisotopic (exact) mass is 158 g/mol. The summed E-state index contributed by atoms with van der Waals surface area (Å²) in [6, 6.07) is 0. The lowest BCUT2D eigenvalue weighted by atomic mass is 10.0. The summed E-state index contributed by atoms with van der Waals surface area (Å²) in [6.07, 6.45) is 1.25. The molecule has 11 heavy (non-hydrogen) atoms. The molecule has 0 amide bonds. The van der Waals surface area contributed by atoms with E-state index in [4.69, 9.17) is 0 Å². The molecular weight excluding hydrogens is 136 g/mol. The maximum atomic E-state index is 3.24. The van der Waals surface area contributed by atoms with Gasteiger partial charge in [-0.05, 0) is 20.0 Å². The molecule has 1 saturated heterocycles. The van der Waals surface area contributed by atoms with Crippen LogP contribution in [-0.4, -0.2) is 38.6 Å². The molecule has 0 aromatic carbocycles. The molecule has 68 valence electrons. The van der Waals surface area contributed by atoms with Crippen LogP contribution < -0.4 is 5.32 Å². The Hall–Kier alpha value is -0.0800. The average molecular weight is 158 g/mol. The molecule has 0 aliphatic carbocycles. The number of nitrogens with one attached hydrogen (secondary N) is 1. The second-order valence-corrected chi connectivity index (χ2v) is 3.49. The van der Waals surface area contributed by atoms with Crippen LogP contribution in [0.15, 0.2) is 0 Å². The van der Waals surface area contributed by atoms with Gasteiger partial charge in [-0.3, -0.25) is 0 Å². The van der Waals surface area contributed by atoms with Crippen molar-refractivity contribution in [3.05, 3.63) is 0 Å². The second kappa shape index (κ2) is 6.62. The van der Waals surface area contributed by atoms with Crippen LogP contribution in [0.25, 0.3) is 0 Å². The van der Waals surface area contributed by atoms with Crippen molar-refractivity contribution in [3.8, 4) is 0 Å². The van der Waals surface area contributed by atoms with E-state index >= 15 is 0 Å². The van der Waals surface area contributed by atoms with Crippen molar-refractivity contribution in [3.63, 3.8) is 0 Å². The zero-order valence-corrected chi connectivity index (χ0v) is 8.35. The first-order valence-corrected chi connectivity index (χ1v) is 4.56. The molecule has 2 heteroatoms. The molecule has 1 N–H and O–H groups in total.